The van der Waals surface area contributed by atoms with Gasteiger partial charge >= 0.3 is 0 Å². The lowest BCUT2D eigenvalue weighted by molar-refractivity contribution is -0.121. The number of carbonyl (C=O) groups excluding carboxylic acids is 1. The van der Waals surface area contributed by atoms with Gasteiger partial charge in [-0.15, -0.1) is 0 Å². The Bertz CT molecular complexity index is 755. The molecule has 1 atom stereocenters. The maximum absolute atomic E-state index is 12.6. The van der Waals surface area contributed by atoms with Crippen molar-refractivity contribution in [3.8, 4) is 5.75 Å². The quantitative estimate of drug-likeness (QED) is 0.748. The average Bonchev–Trinajstić information content (AvgIpc) is 2.61. The zero-order valence-electron chi connectivity index (χ0n) is 14.7. The van der Waals surface area contributed by atoms with Gasteiger partial charge in [0.2, 0.25) is 5.91 Å². The van der Waals surface area contributed by atoms with Crippen LogP contribution >= 0.6 is 15.9 Å². The molecular formula is C21H24BrNO2. The van der Waals surface area contributed by atoms with Gasteiger partial charge in [0.1, 0.15) is 11.4 Å². The first-order valence-corrected chi connectivity index (χ1v) is 9.66. The molecule has 1 aliphatic rings. The number of hydrogen-bond acceptors (Lipinski definition) is 2. The van der Waals surface area contributed by atoms with E-state index in [2.05, 4.69) is 41.2 Å². The third-order valence-electron chi connectivity index (χ3n) is 5.07. The van der Waals surface area contributed by atoms with Crippen molar-refractivity contribution in [2.24, 2.45) is 0 Å². The molecule has 132 valence electrons. The molecule has 2 aromatic carbocycles. The SMILES string of the molecule is CCC1(CC)CC(NC(=O)Cc2cccc(Br)c2)c2ccccc2O1. The van der Waals surface area contributed by atoms with Gasteiger partial charge in [0.25, 0.3) is 0 Å². The fourth-order valence-electron chi connectivity index (χ4n) is 3.51. The second kappa shape index (κ2) is 7.61. The van der Waals surface area contributed by atoms with Crippen molar-refractivity contribution in [3.05, 3.63) is 64.1 Å². The predicted octanol–water partition coefficient (Wildman–Crippen LogP) is 5.19. The summed E-state index contributed by atoms with van der Waals surface area (Å²) in [6, 6.07) is 15.9. The molecular weight excluding hydrogens is 378 g/mol. The maximum Gasteiger partial charge on any atom is 0.224 e. The molecule has 0 radical (unpaired) electrons. The number of carbonyl (C=O) groups is 1. The number of amides is 1. The Kier molecular flexibility index (Phi) is 5.48. The first kappa shape index (κ1) is 18.0. The summed E-state index contributed by atoms with van der Waals surface area (Å²) in [6.07, 6.45) is 3.04. The number of rotatable bonds is 5. The van der Waals surface area contributed by atoms with Crippen molar-refractivity contribution in [2.45, 2.75) is 51.2 Å². The van der Waals surface area contributed by atoms with Gasteiger partial charge in [0.15, 0.2) is 0 Å². The molecule has 3 nitrogen and oxygen atoms in total. The summed E-state index contributed by atoms with van der Waals surface area (Å²) < 4.78 is 7.30. The highest BCUT2D eigenvalue weighted by atomic mass is 79.9. The summed E-state index contributed by atoms with van der Waals surface area (Å²) in [6.45, 7) is 4.30. The molecule has 2 aromatic rings. The van der Waals surface area contributed by atoms with Crippen LogP contribution in [0.25, 0.3) is 0 Å². The Labute approximate surface area is 157 Å². The smallest absolute Gasteiger partial charge is 0.224 e. The van der Waals surface area contributed by atoms with Crippen LogP contribution in [0.4, 0.5) is 0 Å². The third-order valence-corrected chi connectivity index (χ3v) is 5.57. The lowest BCUT2D eigenvalue weighted by Crippen LogP contribution is -2.44. The number of para-hydroxylation sites is 1. The lowest BCUT2D eigenvalue weighted by atomic mass is 9.83. The third kappa shape index (κ3) is 4.06. The van der Waals surface area contributed by atoms with E-state index in [0.29, 0.717) is 6.42 Å². The second-order valence-corrected chi connectivity index (χ2v) is 7.58. The molecule has 0 aliphatic carbocycles. The molecule has 1 unspecified atom stereocenters. The fourth-order valence-corrected chi connectivity index (χ4v) is 3.95. The number of ether oxygens (including phenoxy) is 1. The van der Waals surface area contributed by atoms with E-state index in [9.17, 15) is 4.79 Å². The van der Waals surface area contributed by atoms with Crippen LogP contribution in [0.5, 0.6) is 5.75 Å². The number of hydrogen-bond donors (Lipinski definition) is 1. The first-order valence-electron chi connectivity index (χ1n) is 8.87. The van der Waals surface area contributed by atoms with Crippen LogP contribution in [0.3, 0.4) is 0 Å². The molecule has 1 amide bonds. The summed E-state index contributed by atoms with van der Waals surface area (Å²) in [7, 11) is 0. The van der Waals surface area contributed by atoms with Crippen LogP contribution in [0.2, 0.25) is 0 Å². The van der Waals surface area contributed by atoms with Gasteiger partial charge in [0.05, 0.1) is 12.5 Å². The van der Waals surface area contributed by atoms with Crippen molar-refractivity contribution in [1.29, 1.82) is 0 Å². The Morgan fingerprint density at radius 3 is 2.68 bits per heavy atom. The minimum atomic E-state index is -0.206. The topological polar surface area (TPSA) is 38.3 Å². The summed E-state index contributed by atoms with van der Waals surface area (Å²) in [5.41, 5.74) is 1.87. The fraction of sp³-hybridized carbons (Fsp3) is 0.381. The van der Waals surface area contributed by atoms with Crippen LogP contribution in [-0.4, -0.2) is 11.5 Å². The summed E-state index contributed by atoms with van der Waals surface area (Å²) in [5.74, 6) is 0.936. The molecule has 25 heavy (non-hydrogen) atoms. The van der Waals surface area contributed by atoms with Gasteiger partial charge in [-0.25, -0.2) is 0 Å². The highest BCUT2D eigenvalue weighted by Gasteiger charge is 2.38. The van der Waals surface area contributed by atoms with Crippen LogP contribution in [0.1, 0.15) is 50.3 Å². The molecule has 0 saturated carbocycles. The van der Waals surface area contributed by atoms with Crippen molar-refractivity contribution in [1.82, 2.24) is 5.32 Å². The molecule has 0 aromatic heterocycles. The molecule has 0 fully saturated rings. The lowest BCUT2D eigenvalue weighted by Gasteiger charge is -2.41. The van der Waals surface area contributed by atoms with Gasteiger partial charge in [0, 0.05) is 16.5 Å². The van der Waals surface area contributed by atoms with Gasteiger partial charge < -0.3 is 10.1 Å². The van der Waals surface area contributed by atoms with E-state index >= 15 is 0 Å². The van der Waals surface area contributed by atoms with Crippen molar-refractivity contribution in [2.75, 3.05) is 0 Å². The zero-order chi connectivity index (χ0) is 17.9. The minimum Gasteiger partial charge on any atom is -0.487 e. The molecule has 1 aliphatic heterocycles. The van der Waals surface area contributed by atoms with Crippen LogP contribution < -0.4 is 10.1 Å². The standard InChI is InChI=1S/C21H24BrNO2/c1-3-21(4-2)14-18(17-10-5-6-11-19(17)25-21)23-20(24)13-15-8-7-9-16(22)12-15/h5-12,18H,3-4,13-14H2,1-2H3,(H,23,24). The summed E-state index contributed by atoms with van der Waals surface area (Å²) in [4.78, 5) is 12.6. The van der Waals surface area contributed by atoms with Gasteiger partial charge in [-0.05, 0) is 36.6 Å². The molecule has 0 saturated heterocycles. The van der Waals surface area contributed by atoms with E-state index in [0.717, 1.165) is 40.6 Å². The molecule has 1 heterocycles. The molecule has 0 spiro atoms. The van der Waals surface area contributed by atoms with Crippen LogP contribution in [0.15, 0.2) is 53.0 Å². The van der Waals surface area contributed by atoms with Crippen LogP contribution in [0, 0.1) is 0 Å². The summed E-state index contributed by atoms with van der Waals surface area (Å²) >= 11 is 3.46. The maximum atomic E-state index is 12.6. The average molecular weight is 402 g/mol. The van der Waals surface area contributed by atoms with E-state index in [1.54, 1.807) is 0 Å². The largest absolute Gasteiger partial charge is 0.487 e. The predicted molar refractivity (Wildman–Crippen MR) is 104 cm³/mol. The highest BCUT2D eigenvalue weighted by molar-refractivity contribution is 9.10. The second-order valence-electron chi connectivity index (χ2n) is 6.66. The van der Waals surface area contributed by atoms with Crippen LogP contribution in [-0.2, 0) is 11.2 Å². The Morgan fingerprint density at radius 2 is 1.96 bits per heavy atom. The van der Waals surface area contributed by atoms with Crippen molar-refractivity contribution in [3.63, 3.8) is 0 Å². The normalized spacial score (nSPS) is 18.1. The molecule has 3 rings (SSSR count). The Hall–Kier alpha value is -1.81. The number of halogens is 1. The van der Waals surface area contributed by atoms with E-state index in [1.165, 1.54) is 0 Å². The number of nitrogens with one attached hydrogen (secondary N) is 1. The van der Waals surface area contributed by atoms with Crippen molar-refractivity contribution >= 4 is 21.8 Å². The Morgan fingerprint density at radius 1 is 1.20 bits per heavy atom. The van der Waals surface area contributed by atoms with E-state index in [4.69, 9.17) is 4.74 Å². The van der Waals surface area contributed by atoms with E-state index < -0.39 is 0 Å². The minimum absolute atomic E-state index is 0.00972. The van der Waals surface area contributed by atoms with Gasteiger partial charge in [-0.2, -0.15) is 0 Å². The monoisotopic (exact) mass is 401 g/mol. The molecule has 0 bridgehead atoms. The zero-order valence-corrected chi connectivity index (χ0v) is 16.3. The first-order chi connectivity index (χ1) is 12.0. The Balaban J connectivity index is 1.79. The summed E-state index contributed by atoms with van der Waals surface area (Å²) in [5, 5.41) is 3.23. The highest BCUT2D eigenvalue weighted by Crippen LogP contribution is 2.42. The van der Waals surface area contributed by atoms with E-state index in [1.807, 2.05) is 42.5 Å². The molecule has 4 heteroatoms. The van der Waals surface area contributed by atoms with Gasteiger partial charge in [-0.1, -0.05) is 60.1 Å². The van der Waals surface area contributed by atoms with Gasteiger partial charge in [-0.3, -0.25) is 4.79 Å². The van der Waals surface area contributed by atoms with Crippen molar-refractivity contribution < 1.29 is 9.53 Å². The molecule has 1 N–H and O–H groups in total. The number of fused-ring (bicyclic) bond motifs is 1. The number of benzene rings is 2. The van der Waals surface area contributed by atoms with E-state index in [-0.39, 0.29) is 17.6 Å².